The smallest absolute Gasteiger partial charge is 0.107 e. The Hall–Kier alpha value is -0.780. The van der Waals surface area contributed by atoms with Gasteiger partial charge in [0.2, 0.25) is 0 Å². The third-order valence-corrected chi connectivity index (χ3v) is 2.93. The zero-order valence-electron chi connectivity index (χ0n) is 8.26. The highest BCUT2D eigenvalue weighted by Crippen LogP contribution is 2.23. The van der Waals surface area contributed by atoms with Crippen LogP contribution < -0.4 is 0 Å². The van der Waals surface area contributed by atoms with Crippen molar-refractivity contribution < 1.29 is 4.74 Å². The summed E-state index contributed by atoms with van der Waals surface area (Å²) < 4.78 is 4.85. The van der Waals surface area contributed by atoms with Gasteiger partial charge < -0.3 is 4.74 Å². The van der Waals surface area contributed by atoms with E-state index in [-0.39, 0.29) is 0 Å². The van der Waals surface area contributed by atoms with Crippen LogP contribution in [-0.2, 0) is 4.74 Å². The molecule has 1 rings (SSSR count). The highest BCUT2D eigenvalue weighted by molar-refractivity contribution is 7.12. The molecule has 70 valence electrons. The Balaban J connectivity index is 2.65. The summed E-state index contributed by atoms with van der Waals surface area (Å²) in [6, 6.07) is 4.22. The highest BCUT2D eigenvalue weighted by Gasteiger charge is 2.01. The van der Waals surface area contributed by atoms with Crippen LogP contribution in [0, 0.1) is 11.8 Å². The van der Waals surface area contributed by atoms with Crippen LogP contribution in [-0.4, -0.2) is 13.7 Å². The maximum atomic E-state index is 4.85. The number of methoxy groups -OCH3 is 1. The van der Waals surface area contributed by atoms with Gasteiger partial charge in [-0.25, -0.2) is 0 Å². The number of rotatable bonds is 2. The molecule has 0 aliphatic rings. The van der Waals surface area contributed by atoms with E-state index in [1.165, 1.54) is 4.88 Å². The van der Waals surface area contributed by atoms with E-state index >= 15 is 0 Å². The van der Waals surface area contributed by atoms with Gasteiger partial charge in [0.05, 0.1) is 4.88 Å². The number of ether oxygens (including phenoxy) is 1. The van der Waals surface area contributed by atoms with Gasteiger partial charge in [0.25, 0.3) is 0 Å². The fraction of sp³-hybridized carbons (Fsp3) is 0.455. The van der Waals surface area contributed by atoms with Gasteiger partial charge in [0.1, 0.15) is 6.61 Å². The van der Waals surface area contributed by atoms with Crippen molar-refractivity contribution in [3.05, 3.63) is 21.9 Å². The van der Waals surface area contributed by atoms with Gasteiger partial charge in [-0.2, -0.15) is 0 Å². The van der Waals surface area contributed by atoms with E-state index < -0.39 is 0 Å². The van der Waals surface area contributed by atoms with Crippen molar-refractivity contribution in [2.75, 3.05) is 13.7 Å². The Labute approximate surface area is 83.7 Å². The number of thiophene rings is 1. The summed E-state index contributed by atoms with van der Waals surface area (Å²) in [5.41, 5.74) is 0. The molecule has 0 bridgehead atoms. The fourth-order valence-electron chi connectivity index (χ4n) is 0.926. The lowest BCUT2D eigenvalue weighted by molar-refractivity contribution is 0.240. The molecular weight excluding hydrogens is 180 g/mol. The SMILES string of the molecule is COCC#Cc1ccc(C(C)C)s1. The van der Waals surface area contributed by atoms with Crippen LogP contribution in [0.1, 0.15) is 29.5 Å². The van der Waals surface area contributed by atoms with Crippen molar-refractivity contribution in [3.8, 4) is 11.8 Å². The molecule has 1 aromatic heterocycles. The standard InChI is InChI=1S/C11H14OS/c1-9(2)11-7-6-10(13-11)5-4-8-12-3/h6-7,9H,8H2,1-3H3. The molecule has 0 amide bonds. The molecule has 0 unspecified atom stereocenters. The minimum atomic E-state index is 0.509. The molecule has 13 heavy (non-hydrogen) atoms. The number of hydrogen-bond acceptors (Lipinski definition) is 2. The molecule has 0 atom stereocenters. The van der Waals surface area contributed by atoms with E-state index in [0.29, 0.717) is 12.5 Å². The molecule has 0 N–H and O–H groups in total. The van der Waals surface area contributed by atoms with Crippen LogP contribution in [0.15, 0.2) is 12.1 Å². The molecule has 0 saturated carbocycles. The minimum Gasteiger partial charge on any atom is -0.372 e. The Morgan fingerprint density at radius 3 is 2.77 bits per heavy atom. The van der Waals surface area contributed by atoms with Gasteiger partial charge in [-0.3, -0.25) is 0 Å². The average molecular weight is 194 g/mol. The predicted molar refractivity (Wildman–Crippen MR) is 57.2 cm³/mol. The first-order chi connectivity index (χ1) is 6.24. The maximum absolute atomic E-state index is 4.85. The van der Waals surface area contributed by atoms with E-state index in [1.54, 1.807) is 18.4 Å². The summed E-state index contributed by atoms with van der Waals surface area (Å²) in [5.74, 6) is 6.61. The highest BCUT2D eigenvalue weighted by atomic mass is 32.1. The molecule has 0 fully saturated rings. The second-order valence-corrected chi connectivity index (χ2v) is 4.21. The van der Waals surface area contributed by atoms with Gasteiger partial charge >= 0.3 is 0 Å². The molecule has 2 heteroatoms. The molecule has 0 aliphatic carbocycles. The largest absolute Gasteiger partial charge is 0.372 e. The van der Waals surface area contributed by atoms with Gasteiger partial charge in [-0.1, -0.05) is 25.7 Å². The lowest BCUT2D eigenvalue weighted by Gasteiger charge is -1.96. The quantitative estimate of drug-likeness (QED) is 0.658. The lowest BCUT2D eigenvalue weighted by atomic mass is 10.2. The van der Waals surface area contributed by atoms with E-state index in [2.05, 4.69) is 37.8 Å². The molecule has 1 nitrogen and oxygen atoms in total. The van der Waals surface area contributed by atoms with Crippen molar-refractivity contribution in [2.24, 2.45) is 0 Å². The molecule has 1 heterocycles. The van der Waals surface area contributed by atoms with Crippen molar-refractivity contribution in [1.29, 1.82) is 0 Å². The second-order valence-electron chi connectivity index (χ2n) is 3.09. The zero-order valence-corrected chi connectivity index (χ0v) is 9.07. The van der Waals surface area contributed by atoms with Crippen LogP contribution in [0.3, 0.4) is 0 Å². The first-order valence-electron chi connectivity index (χ1n) is 4.31. The number of hydrogen-bond donors (Lipinski definition) is 0. The predicted octanol–water partition coefficient (Wildman–Crippen LogP) is 2.87. The molecule has 0 spiro atoms. The van der Waals surface area contributed by atoms with Gasteiger partial charge in [-0.05, 0) is 18.1 Å². The zero-order chi connectivity index (χ0) is 9.68. The van der Waals surface area contributed by atoms with Crippen LogP contribution in [0.25, 0.3) is 0 Å². The summed E-state index contributed by atoms with van der Waals surface area (Å²) >= 11 is 1.76. The fourth-order valence-corrected chi connectivity index (χ4v) is 1.81. The molecule has 0 saturated heterocycles. The van der Waals surface area contributed by atoms with Gasteiger partial charge in [-0.15, -0.1) is 11.3 Å². The molecule has 0 aromatic carbocycles. The topological polar surface area (TPSA) is 9.23 Å². The Kier molecular flexibility index (Phi) is 4.01. The Morgan fingerprint density at radius 1 is 1.46 bits per heavy atom. The second kappa shape index (κ2) is 5.06. The van der Waals surface area contributed by atoms with Crippen LogP contribution in [0.5, 0.6) is 0 Å². The molecule has 0 radical (unpaired) electrons. The van der Waals surface area contributed by atoms with E-state index in [1.807, 2.05) is 0 Å². The Bertz CT molecular complexity index is 314. The molecular formula is C11H14OS. The average Bonchev–Trinajstić information content (AvgIpc) is 2.53. The van der Waals surface area contributed by atoms with Crippen molar-refractivity contribution >= 4 is 11.3 Å². The van der Waals surface area contributed by atoms with Gasteiger partial charge in [0.15, 0.2) is 0 Å². The normalized spacial score (nSPS) is 9.85. The minimum absolute atomic E-state index is 0.509. The van der Waals surface area contributed by atoms with Crippen LogP contribution >= 0.6 is 11.3 Å². The maximum Gasteiger partial charge on any atom is 0.107 e. The van der Waals surface area contributed by atoms with Crippen LogP contribution in [0.4, 0.5) is 0 Å². The first kappa shape index (κ1) is 10.3. The lowest BCUT2D eigenvalue weighted by Crippen LogP contribution is -1.80. The van der Waals surface area contributed by atoms with Crippen LogP contribution in [0.2, 0.25) is 0 Å². The third-order valence-electron chi connectivity index (χ3n) is 1.62. The summed E-state index contributed by atoms with van der Waals surface area (Å²) in [5, 5.41) is 0. The molecule has 1 aromatic rings. The van der Waals surface area contributed by atoms with Crippen molar-refractivity contribution in [2.45, 2.75) is 19.8 Å². The van der Waals surface area contributed by atoms with Crippen molar-refractivity contribution in [1.82, 2.24) is 0 Å². The first-order valence-corrected chi connectivity index (χ1v) is 5.13. The summed E-state index contributed by atoms with van der Waals surface area (Å²) in [7, 11) is 1.66. The van der Waals surface area contributed by atoms with Crippen molar-refractivity contribution in [3.63, 3.8) is 0 Å². The molecule has 0 aliphatic heterocycles. The van der Waals surface area contributed by atoms with E-state index in [4.69, 9.17) is 4.74 Å². The van der Waals surface area contributed by atoms with Gasteiger partial charge in [0, 0.05) is 12.0 Å². The van der Waals surface area contributed by atoms with E-state index in [9.17, 15) is 0 Å². The summed E-state index contributed by atoms with van der Waals surface area (Å²) in [6.07, 6.45) is 0. The van der Waals surface area contributed by atoms with E-state index in [0.717, 1.165) is 4.88 Å². The monoisotopic (exact) mass is 194 g/mol. The Morgan fingerprint density at radius 2 is 2.23 bits per heavy atom. The summed E-state index contributed by atoms with van der Waals surface area (Å²) in [6.45, 7) is 4.89. The third kappa shape index (κ3) is 3.22. The summed E-state index contributed by atoms with van der Waals surface area (Å²) in [4.78, 5) is 2.52.